The number of hydrogen-bond donors (Lipinski definition) is 0. The molecule has 0 saturated carbocycles. The van der Waals surface area contributed by atoms with E-state index in [1.807, 2.05) is 12.1 Å². The van der Waals surface area contributed by atoms with Gasteiger partial charge in [-0.15, -0.1) is 0 Å². The van der Waals surface area contributed by atoms with Crippen molar-refractivity contribution in [2.24, 2.45) is 0 Å². The summed E-state index contributed by atoms with van der Waals surface area (Å²) in [4.78, 5) is 0.259. The van der Waals surface area contributed by atoms with Crippen LogP contribution in [0.25, 0.3) is 0 Å². The van der Waals surface area contributed by atoms with Crippen LogP contribution in [0.4, 0.5) is 0 Å². The molecular weight excluding hydrogens is 252 g/mol. The molecule has 0 aliphatic heterocycles. The Morgan fingerprint density at radius 2 is 1.93 bits per heavy atom. The third kappa shape index (κ3) is 2.72. The van der Waals surface area contributed by atoms with Crippen molar-refractivity contribution < 1.29 is 4.42 Å². The summed E-state index contributed by atoms with van der Waals surface area (Å²) in [5, 5.41) is 0. The van der Waals surface area contributed by atoms with E-state index >= 15 is 0 Å². The summed E-state index contributed by atoms with van der Waals surface area (Å²) in [6.07, 6.45) is 2.66. The molecule has 78 valence electrons. The second kappa shape index (κ2) is 4.67. The van der Waals surface area contributed by atoms with Crippen LogP contribution in [0.15, 0.2) is 47.1 Å². The molecule has 1 heterocycles. The third-order valence-electron chi connectivity index (χ3n) is 2.39. The zero-order valence-electron chi connectivity index (χ0n) is 8.61. The van der Waals surface area contributed by atoms with Gasteiger partial charge in [0.05, 0.1) is 11.1 Å². The highest BCUT2D eigenvalue weighted by Gasteiger charge is 2.10. The predicted octanol–water partition coefficient (Wildman–Crippen LogP) is 4.27. The number of rotatable bonds is 3. The van der Waals surface area contributed by atoms with Crippen molar-refractivity contribution in [2.45, 2.75) is 18.2 Å². The Labute approximate surface area is 98.2 Å². The minimum atomic E-state index is 0.259. The fourth-order valence-electron chi connectivity index (χ4n) is 1.50. The van der Waals surface area contributed by atoms with Gasteiger partial charge in [-0.05, 0) is 31.0 Å². The molecule has 1 aromatic heterocycles. The summed E-state index contributed by atoms with van der Waals surface area (Å²) < 4.78 is 5.34. The van der Waals surface area contributed by atoms with E-state index in [4.69, 9.17) is 4.42 Å². The SMILES string of the molecule is Cc1ccc(CC(Br)c2ccco2)cc1. The zero-order chi connectivity index (χ0) is 10.7. The van der Waals surface area contributed by atoms with E-state index in [1.165, 1.54) is 11.1 Å². The molecule has 1 atom stereocenters. The van der Waals surface area contributed by atoms with Crippen molar-refractivity contribution in [3.05, 3.63) is 59.5 Å². The first-order chi connectivity index (χ1) is 7.25. The van der Waals surface area contributed by atoms with Gasteiger partial charge in [-0.3, -0.25) is 0 Å². The zero-order valence-corrected chi connectivity index (χ0v) is 10.2. The molecule has 2 heteroatoms. The lowest BCUT2D eigenvalue weighted by atomic mass is 10.1. The molecule has 1 aromatic carbocycles. The molecule has 0 radical (unpaired) electrons. The van der Waals surface area contributed by atoms with Crippen LogP contribution in [0.1, 0.15) is 21.7 Å². The number of halogens is 1. The predicted molar refractivity (Wildman–Crippen MR) is 65.3 cm³/mol. The molecule has 1 nitrogen and oxygen atoms in total. The van der Waals surface area contributed by atoms with Gasteiger partial charge in [-0.1, -0.05) is 45.8 Å². The lowest BCUT2D eigenvalue weighted by molar-refractivity contribution is 0.507. The first kappa shape index (κ1) is 10.5. The van der Waals surface area contributed by atoms with Gasteiger partial charge < -0.3 is 4.42 Å². The Morgan fingerprint density at radius 1 is 1.20 bits per heavy atom. The lowest BCUT2D eigenvalue weighted by Crippen LogP contribution is -1.93. The van der Waals surface area contributed by atoms with Crippen LogP contribution in [0.5, 0.6) is 0 Å². The number of hydrogen-bond acceptors (Lipinski definition) is 1. The summed E-state index contributed by atoms with van der Waals surface area (Å²) in [6, 6.07) is 12.5. The fourth-order valence-corrected chi connectivity index (χ4v) is 2.14. The molecule has 15 heavy (non-hydrogen) atoms. The Kier molecular flexibility index (Phi) is 3.27. The summed E-state index contributed by atoms with van der Waals surface area (Å²) in [7, 11) is 0. The second-order valence-corrected chi connectivity index (χ2v) is 4.78. The molecule has 2 rings (SSSR count). The average molecular weight is 265 g/mol. The minimum absolute atomic E-state index is 0.259. The third-order valence-corrected chi connectivity index (χ3v) is 3.16. The minimum Gasteiger partial charge on any atom is -0.468 e. The van der Waals surface area contributed by atoms with Gasteiger partial charge in [0, 0.05) is 0 Å². The van der Waals surface area contributed by atoms with Gasteiger partial charge in [0.15, 0.2) is 0 Å². The Bertz CT molecular complexity index is 403. The highest BCUT2D eigenvalue weighted by molar-refractivity contribution is 9.09. The van der Waals surface area contributed by atoms with Gasteiger partial charge in [0.25, 0.3) is 0 Å². The molecule has 0 amide bonds. The molecule has 0 fully saturated rings. The summed E-state index contributed by atoms with van der Waals surface area (Å²) in [5.74, 6) is 0.982. The number of furan rings is 1. The molecule has 0 bridgehead atoms. The Morgan fingerprint density at radius 3 is 2.53 bits per heavy atom. The molecule has 0 saturated heterocycles. The lowest BCUT2D eigenvalue weighted by Gasteiger charge is -2.06. The van der Waals surface area contributed by atoms with Crippen LogP contribution in [0.3, 0.4) is 0 Å². The van der Waals surface area contributed by atoms with Crippen LogP contribution in [-0.2, 0) is 6.42 Å². The average Bonchev–Trinajstić information content (AvgIpc) is 2.74. The maximum Gasteiger partial charge on any atom is 0.117 e. The van der Waals surface area contributed by atoms with E-state index in [0.29, 0.717) is 0 Å². The molecule has 1 unspecified atom stereocenters. The molecule has 0 spiro atoms. The number of aryl methyl sites for hydroxylation is 1. The monoisotopic (exact) mass is 264 g/mol. The quantitative estimate of drug-likeness (QED) is 0.755. The number of alkyl halides is 1. The van der Waals surface area contributed by atoms with E-state index in [1.54, 1.807) is 6.26 Å². The Balaban J connectivity index is 2.06. The number of benzene rings is 1. The second-order valence-electron chi connectivity index (χ2n) is 3.67. The molecule has 0 N–H and O–H groups in total. The Hall–Kier alpha value is -1.02. The first-order valence-corrected chi connectivity index (χ1v) is 5.90. The van der Waals surface area contributed by atoms with Gasteiger partial charge in [0.2, 0.25) is 0 Å². The fraction of sp³-hybridized carbons (Fsp3) is 0.231. The summed E-state index contributed by atoms with van der Waals surface area (Å²) in [5.41, 5.74) is 2.61. The van der Waals surface area contributed by atoms with Gasteiger partial charge in [0.1, 0.15) is 5.76 Å². The highest BCUT2D eigenvalue weighted by atomic mass is 79.9. The maximum absolute atomic E-state index is 5.34. The normalized spacial score (nSPS) is 12.7. The smallest absolute Gasteiger partial charge is 0.117 e. The van der Waals surface area contributed by atoms with Crippen LogP contribution < -0.4 is 0 Å². The van der Waals surface area contributed by atoms with E-state index in [0.717, 1.165) is 12.2 Å². The van der Waals surface area contributed by atoms with Crippen molar-refractivity contribution in [1.29, 1.82) is 0 Å². The van der Waals surface area contributed by atoms with Crippen molar-refractivity contribution in [1.82, 2.24) is 0 Å². The van der Waals surface area contributed by atoms with Gasteiger partial charge in [-0.2, -0.15) is 0 Å². The molecule has 0 aliphatic carbocycles. The van der Waals surface area contributed by atoms with Gasteiger partial charge in [-0.25, -0.2) is 0 Å². The molecule has 0 aliphatic rings. The van der Waals surface area contributed by atoms with E-state index in [2.05, 4.69) is 47.1 Å². The highest BCUT2D eigenvalue weighted by Crippen LogP contribution is 2.27. The summed E-state index contributed by atoms with van der Waals surface area (Å²) in [6.45, 7) is 2.10. The van der Waals surface area contributed by atoms with E-state index in [-0.39, 0.29) is 4.83 Å². The largest absolute Gasteiger partial charge is 0.468 e. The van der Waals surface area contributed by atoms with Crippen molar-refractivity contribution in [3.8, 4) is 0 Å². The molecule has 2 aromatic rings. The van der Waals surface area contributed by atoms with Gasteiger partial charge >= 0.3 is 0 Å². The first-order valence-electron chi connectivity index (χ1n) is 4.99. The van der Waals surface area contributed by atoms with Crippen LogP contribution >= 0.6 is 15.9 Å². The summed E-state index contributed by atoms with van der Waals surface area (Å²) >= 11 is 3.63. The van der Waals surface area contributed by atoms with Crippen molar-refractivity contribution >= 4 is 15.9 Å². The van der Waals surface area contributed by atoms with Crippen LogP contribution in [-0.4, -0.2) is 0 Å². The van der Waals surface area contributed by atoms with E-state index < -0.39 is 0 Å². The van der Waals surface area contributed by atoms with Crippen molar-refractivity contribution in [3.63, 3.8) is 0 Å². The van der Waals surface area contributed by atoms with E-state index in [9.17, 15) is 0 Å². The molecular formula is C13H13BrO. The maximum atomic E-state index is 5.34. The van der Waals surface area contributed by atoms with Crippen LogP contribution in [0, 0.1) is 6.92 Å². The van der Waals surface area contributed by atoms with Crippen molar-refractivity contribution in [2.75, 3.05) is 0 Å². The topological polar surface area (TPSA) is 13.1 Å². The standard InChI is InChI=1S/C13H13BrO/c1-10-4-6-11(7-5-10)9-12(14)13-3-2-8-15-13/h2-8,12H,9H2,1H3. The van der Waals surface area contributed by atoms with Crippen LogP contribution in [0.2, 0.25) is 0 Å².